The van der Waals surface area contributed by atoms with Crippen LogP contribution in [-0.2, 0) is 0 Å². The van der Waals surface area contributed by atoms with E-state index in [9.17, 15) is 0 Å². The molecule has 0 heterocycles. The third-order valence-electron chi connectivity index (χ3n) is 2.81. The molecule has 0 atom stereocenters. The highest BCUT2D eigenvalue weighted by Gasteiger charge is 2.08. The number of hydrogen-bond acceptors (Lipinski definition) is 5. The van der Waals surface area contributed by atoms with Gasteiger partial charge in [-0.2, -0.15) is 15.8 Å². The molecule has 1 aromatic rings. The fourth-order valence-electron chi connectivity index (χ4n) is 1.68. The first-order chi connectivity index (χ1) is 9.69. The summed E-state index contributed by atoms with van der Waals surface area (Å²) in [5, 5.41) is 28.8. The maximum atomic E-state index is 9.07. The second-order valence-electron chi connectivity index (χ2n) is 3.95. The molecule has 0 aliphatic rings. The Bertz CT molecular complexity index is 588. The molecule has 5 heteroatoms. The van der Waals surface area contributed by atoms with Gasteiger partial charge in [-0.25, -0.2) is 5.01 Å². The number of hydrazine groups is 1. The highest BCUT2D eigenvalue weighted by Crippen LogP contribution is 2.20. The third-order valence-corrected chi connectivity index (χ3v) is 2.81. The molecule has 1 rings (SSSR count). The Morgan fingerprint density at radius 2 is 1.55 bits per heavy atom. The number of nitriles is 3. The minimum atomic E-state index is -0.169. The molecule has 0 bridgehead atoms. The Kier molecular flexibility index (Phi) is 5.78. The lowest BCUT2D eigenvalue weighted by Gasteiger charge is -2.20. The van der Waals surface area contributed by atoms with Gasteiger partial charge >= 0.3 is 0 Å². The predicted octanol–water partition coefficient (Wildman–Crippen LogP) is 2.68. The first kappa shape index (κ1) is 15.2. The fourth-order valence-corrected chi connectivity index (χ4v) is 1.68. The van der Waals surface area contributed by atoms with E-state index >= 15 is 0 Å². The summed E-state index contributed by atoms with van der Waals surface area (Å²) in [5.41, 5.74) is 4.62. The monoisotopic (exact) mass is 265 g/mol. The number of rotatable bonds is 5. The molecule has 0 fully saturated rings. The standard InChI is InChI=1S/C15H15N5/c1-3-20(4-2)19-14-7-5-12(6-8-14)15(11-18)13(9-16)10-17/h5-8,19H,3-4H2,1-2H3. The van der Waals surface area contributed by atoms with Crippen LogP contribution in [0.5, 0.6) is 0 Å². The van der Waals surface area contributed by atoms with Crippen LogP contribution in [-0.4, -0.2) is 18.1 Å². The second kappa shape index (κ2) is 7.59. The Labute approximate surface area is 118 Å². The summed E-state index contributed by atoms with van der Waals surface area (Å²) in [6, 6.07) is 12.5. The van der Waals surface area contributed by atoms with E-state index in [1.165, 1.54) is 0 Å². The van der Waals surface area contributed by atoms with Gasteiger partial charge in [-0.3, -0.25) is 0 Å². The van der Waals surface area contributed by atoms with Gasteiger partial charge in [0, 0.05) is 18.8 Å². The van der Waals surface area contributed by atoms with E-state index in [2.05, 4.69) is 5.43 Å². The molecular weight excluding hydrogens is 250 g/mol. The summed E-state index contributed by atoms with van der Waals surface area (Å²) >= 11 is 0. The maximum absolute atomic E-state index is 9.07. The average molecular weight is 265 g/mol. The number of allylic oxidation sites excluding steroid dienone is 2. The topological polar surface area (TPSA) is 86.6 Å². The zero-order chi connectivity index (χ0) is 15.0. The summed E-state index contributed by atoms with van der Waals surface area (Å²) in [6.07, 6.45) is 0. The molecule has 20 heavy (non-hydrogen) atoms. The van der Waals surface area contributed by atoms with Crippen molar-refractivity contribution in [2.45, 2.75) is 13.8 Å². The quantitative estimate of drug-likeness (QED) is 0.653. The van der Waals surface area contributed by atoms with Gasteiger partial charge in [0.25, 0.3) is 0 Å². The van der Waals surface area contributed by atoms with Crippen molar-refractivity contribution >= 4 is 11.3 Å². The van der Waals surface area contributed by atoms with Gasteiger partial charge in [-0.15, -0.1) is 0 Å². The Morgan fingerprint density at radius 3 is 1.95 bits per heavy atom. The number of hydrogen-bond donors (Lipinski definition) is 1. The Hall–Kier alpha value is -2.81. The first-order valence-electron chi connectivity index (χ1n) is 6.26. The largest absolute Gasteiger partial charge is 0.319 e. The van der Waals surface area contributed by atoms with Crippen molar-refractivity contribution in [3.63, 3.8) is 0 Å². The number of nitrogens with one attached hydrogen (secondary N) is 1. The minimum Gasteiger partial charge on any atom is -0.319 e. The summed E-state index contributed by atoms with van der Waals surface area (Å²) in [7, 11) is 0. The molecular formula is C15H15N5. The van der Waals surface area contributed by atoms with Crippen molar-refractivity contribution in [1.82, 2.24) is 5.01 Å². The van der Waals surface area contributed by atoms with Crippen LogP contribution >= 0.6 is 0 Å². The van der Waals surface area contributed by atoms with E-state index in [1.807, 2.05) is 37.1 Å². The van der Waals surface area contributed by atoms with E-state index < -0.39 is 0 Å². The number of benzene rings is 1. The van der Waals surface area contributed by atoms with Crippen LogP contribution in [0.2, 0.25) is 0 Å². The highest BCUT2D eigenvalue weighted by molar-refractivity contribution is 5.84. The van der Waals surface area contributed by atoms with E-state index in [0.717, 1.165) is 18.8 Å². The highest BCUT2D eigenvalue weighted by atomic mass is 15.5. The zero-order valence-corrected chi connectivity index (χ0v) is 11.5. The van der Waals surface area contributed by atoms with Crippen LogP contribution in [0.25, 0.3) is 5.57 Å². The van der Waals surface area contributed by atoms with Crippen molar-refractivity contribution in [3.05, 3.63) is 35.4 Å². The summed E-state index contributed by atoms with van der Waals surface area (Å²) in [4.78, 5) is 0. The molecule has 0 amide bonds. The molecule has 1 aromatic carbocycles. The fraction of sp³-hybridized carbons (Fsp3) is 0.267. The predicted molar refractivity (Wildman–Crippen MR) is 76.7 cm³/mol. The molecule has 0 saturated heterocycles. The van der Waals surface area contributed by atoms with Gasteiger partial charge in [0.2, 0.25) is 0 Å². The van der Waals surface area contributed by atoms with Crippen LogP contribution in [0.4, 0.5) is 5.69 Å². The van der Waals surface area contributed by atoms with Crippen molar-refractivity contribution < 1.29 is 0 Å². The molecule has 0 saturated carbocycles. The molecule has 0 aliphatic carbocycles. The third kappa shape index (κ3) is 3.59. The molecule has 5 nitrogen and oxygen atoms in total. The molecule has 0 spiro atoms. The SMILES string of the molecule is CCN(CC)Nc1ccc(C(C#N)=C(C#N)C#N)cc1. The summed E-state index contributed by atoms with van der Waals surface area (Å²) < 4.78 is 0. The number of anilines is 1. The molecule has 100 valence electrons. The van der Waals surface area contributed by atoms with Crippen LogP contribution < -0.4 is 5.43 Å². The van der Waals surface area contributed by atoms with Crippen molar-refractivity contribution in [2.75, 3.05) is 18.5 Å². The lowest BCUT2D eigenvalue weighted by atomic mass is 10.0. The lowest BCUT2D eigenvalue weighted by Crippen LogP contribution is -2.29. The summed E-state index contributed by atoms with van der Waals surface area (Å²) in [6.45, 7) is 5.84. The summed E-state index contributed by atoms with van der Waals surface area (Å²) in [5.74, 6) is 0. The Balaban J connectivity index is 3.04. The van der Waals surface area contributed by atoms with E-state index in [0.29, 0.717) is 5.56 Å². The molecule has 0 aromatic heterocycles. The van der Waals surface area contributed by atoms with Crippen molar-refractivity contribution in [1.29, 1.82) is 15.8 Å². The van der Waals surface area contributed by atoms with Gasteiger partial charge < -0.3 is 5.43 Å². The van der Waals surface area contributed by atoms with Gasteiger partial charge in [-0.05, 0) is 17.7 Å². The maximum Gasteiger partial charge on any atom is 0.148 e. The van der Waals surface area contributed by atoms with Crippen molar-refractivity contribution in [3.8, 4) is 18.2 Å². The van der Waals surface area contributed by atoms with Gasteiger partial charge in [0.15, 0.2) is 0 Å². The van der Waals surface area contributed by atoms with Gasteiger partial charge in [0.1, 0.15) is 23.8 Å². The van der Waals surface area contributed by atoms with Crippen LogP contribution in [0.3, 0.4) is 0 Å². The van der Waals surface area contributed by atoms with Crippen molar-refractivity contribution in [2.24, 2.45) is 0 Å². The molecule has 0 unspecified atom stereocenters. The van der Waals surface area contributed by atoms with Crippen LogP contribution in [0.1, 0.15) is 19.4 Å². The second-order valence-corrected chi connectivity index (χ2v) is 3.95. The van der Waals surface area contributed by atoms with Gasteiger partial charge in [-0.1, -0.05) is 26.0 Å². The first-order valence-corrected chi connectivity index (χ1v) is 6.26. The van der Waals surface area contributed by atoms with Crippen LogP contribution in [0.15, 0.2) is 29.8 Å². The Morgan fingerprint density at radius 1 is 1.00 bits per heavy atom. The molecule has 1 N–H and O–H groups in total. The van der Waals surface area contributed by atoms with Crippen LogP contribution in [0, 0.1) is 34.0 Å². The van der Waals surface area contributed by atoms with E-state index in [-0.39, 0.29) is 11.1 Å². The smallest absolute Gasteiger partial charge is 0.148 e. The normalized spacial score (nSPS) is 9.20. The molecule has 0 aliphatic heterocycles. The molecule has 0 radical (unpaired) electrons. The zero-order valence-electron chi connectivity index (χ0n) is 11.5. The minimum absolute atomic E-state index is 0.101. The average Bonchev–Trinajstić information content (AvgIpc) is 2.51. The lowest BCUT2D eigenvalue weighted by molar-refractivity contribution is 0.367. The van der Waals surface area contributed by atoms with Gasteiger partial charge in [0.05, 0.1) is 5.57 Å². The van der Waals surface area contributed by atoms with E-state index in [4.69, 9.17) is 15.8 Å². The number of nitrogens with zero attached hydrogens (tertiary/aromatic N) is 4. The van der Waals surface area contributed by atoms with E-state index in [1.54, 1.807) is 24.3 Å².